The zero-order valence-electron chi connectivity index (χ0n) is 13.6. The van der Waals surface area contributed by atoms with Crippen LogP contribution in [0.25, 0.3) is 11.4 Å². The quantitative estimate of drug-likeness (QED) is 0.661. The number of benzene rings is 1. The predicted molar refractivity (Wildman–Crippen MR) is 91.0 cm³/mol. The molecular weight excluding hydrogens is 314 g/mol. The molecule has 2 rings (SSSR count). The van der Waals surface area contributed by atoms with Crippen LogP contribution in [0.5, 0.6) is 6.01 Å². The molecule has 0 atom stereocenters. The molecule has 0 amide bonds. The van der Waals surface area contributed by atoms with Crippen molar-refractivity contribution in [2.45, 2.75) is 46.0 Å². The number of unbranched alkanes of at least 4 members (excludes halogenated alkanes) is 3. The highest BCUT2D eigenvalue weighted by Gasteiger charge is 2.18. The Bertz CT molecular complexity index is 655. The Morgan fingerprint density at radius 1 is 1.26 bits per heavy atom. The Morgan fingerprint density at radius 3 is 2.78 bits per heavy atom. The number of aromatic nitrogens is 3. The van der Waals surface area contributed by atoms with Crippen molar-refractivity contribution in [3.63, 3.8) is 0 Å². The van der Waals surface area contributed by atoms with E-state index in [1.165, 1.54) is 4.68 Å². The van der Waals surface area contributed by atoms with Gasteiger partial charge in [-0.15, -0.1) is 5.10 Å². The molecule has 124 valence electrons. The van der Waals surface area contributed by atoms with Gasteiger partial charge in [0, 0.05) is 17.0 Å². The molecule has 0 aliphatic rings. The molecule has 6 heteroatoms. The van der Waals surface area contributed by atoms with Gasteiger partial charge >= 0.3 is 6.01 Å². The van der Waals surface area contributed by atoms with Crippen LogP contribution in [0, 0.1) is 0 Å². The third-order valence-electron chi connectivity index (χ3n) is 3.42. The maximum atomic E-state index is 12.5. The van der Waals surface area contributed by atoms with E-state index in [9.17, 15) is 4.79 Å². The van der Waals surface area contributed by atoms with Crippen LogP contribution < -0.4 is 4.74 Å². The van der Waals surface area contributed by atoms with Gasteiger partial charge in [0.05, 0.1) is 6.61 Å². The smallest absolute Gasteiger partial charge is 0.336 e. The SMILES string of the molecule is CCCCCCC(=O)n1nc(OCC)nc1-c1cccc(Cl)c1. The molecule has 0 aliphatic heterocycles. The lowest BCUT2D eigenvalue weighted by atomic mass is 10.1. The van der Waals surface area contributed by atoms with E-state index in [1.54, 1.807) is 12.1 Å². The Morgan fingerprint density at radius 2 is 2.09 bits per heavy atom. The largest absolute Gasteiger partial charge is 0.463 e. The number of rotatable bonds is 8. The van der Waals surface area contributed by atoms with Gasteiger partial charge in [0.1, 0.15) is 0 Å². The first-order valence-electron chi connectivity index (χ1n) is 8.04. The second-order valence-electron chi connectivity index (χ2n) is 5.28. The molecule has 0 radical (unpaired) electrons. The number of hydrogen-bond donors (Lipinski definition) is 0. The third-order valence-corrected chi connectivity index (χ3v) is 3.66. The second kappa shape index (κ2) is 8.67. The molecule has 0 saturated heterocycles. The van der Waals surface area contributed by atoms with Gasteiger partial charge in [-0.1, -0.05) is 49.9 Å². The van der Waals surface area contributed by atoms with Crippen molar-refractivity contribution in [1.82, 2.24) is 14.8 Å². The van der Waals surface area contributed by atoms with Crippen molar-refractivity contribution in [2.24, 2.45) is 0 Å². The van der Waals surface area contributed by atoms with Crippen LogP contribution in [0.3, 0.4) is 0 Å². The minimum absolute atomic E-state index is 0.0745. The summed E-state index contributed by atoms with van der Waals surface area (Å²) in [6.07, 6.45) is 4.62. The lowest BCUT2D eigenvalue weighted by molar-refractivity contribution is 0.0883. The van der Waals surface area contributed by atoms with Crippen molar-refractivity contribution in [2.75, 3.05) is 6.61 Å². The summed E-state index contributed by atoms with van der Waals surface area (Å²) in [4.78, 5) is 16.8. The number of hydrogen-bond acceptors (Lipinski definition) is 4. The summed E-state index contributed by atoms with van der Waals surface area (Å²) in [7, 11) is 0. The van der Waals surface area contributed by atoms with Gasteiger partial charge < -0.3 is 4.74 Å². The minimum atomic E-state index is -0.0745. The van der Waals surface area contributed by atoms with Crippen molar-refractivity contribution < 1.29 is 9.53 Å². The van der Waals surface area contributed by atoms with Crippen LogP contribution in [0.15, 0.2) is 24.3 Å². The fourth-order valence-electron chi connectivity index (χ4n) is 2.28. The first kappa shape index (κ1) is 17.5. The second-order valence-corrected chi connectivity index (χ2v) is 5.71. The van der Waals surface area contributed by atoms with E-state index in [-0.39, 0.29) is 11.9 Å². The van der Waals surface area contributed by atoms with Crippen LogP contribution in [-0.2, 0) is 0 Å². The molecule has 0 N–H and O–H groups in total. The summed E-state index contributed by atoms with van der Waals surface area (Å²) in [6, 6.07) is 7.43. The first-order chi connectivity index (χ1) is 11.2. The molecule has 0 bridgehead atoms. The van der Waals surface area contributed by atoms with Crippen molar-refractivity contribution in [1.29, 1.82) is 0 Å². The van der Waals surface area contributed by atoms with Gasteiger partial charge in [-0.05, 0) is 25.5 Å². The predicted octanol–water partition coefficient (Wildman–Crippen LogP) is 4.61. The van der Waals surface area contributed by atoms with Crippen LogP contribution in [0.4, 0.5) is 0 Å². The van der Waals surface area contributed by atoms with Gasteiger partial charge in [-0.2, -0.15) is 9.67 Å². The number of nitrogens with zero attached hydrogens (tertiary/aromatic N) is 3. The fraction of sp³-hybridized carbons (Fsp3) is 0.471. The molecule has 1 heterocycles. The van der Waals surface area contributed by atoms with Gasteiger partial charge in [0.15, 0.2) is 5.82 Å². The van der Waals surface area contributed by atoms with E-state index in [1.807, 2.05) is 19.1 Å². The van der Waals surface area contributed by atoms with Gasteiger partial charge in [-0.25, -0.2) is 0 Å². The molecule has 23 heavy (non-hydrogen) atoms. The monoisotopic (exact) mass is 335 g/mol. The normalized spacial score (nSPS) is 10.7. The first-order valence-corrected chi connectivity index (χ1v) is 8.42. The summed E-state index contributed by atoms with van der Waals surface area (Å²) in [5.74, 6) is 0.394. The lowest BCUT2D eigenvalue weighted by Gasteiger charge is -2.05. The zero-order chi connectivity index (χ0) is 16.7. The van der Waals surface area contributed by atoms with E-state index >= 15 is 0 Å². The highest BCUT2D eigenvalue weighted by atomic mass is 35.5. The van der Waals surface area contributed by atoms with Crippen molar-refractivity contribution in [3.05, 3.63) is 29.3 Å². The Kier molecular flexibility index (Phi) is 6.59. The van der Waals surface area contributed by atoms with Gasteiger partial charge in [0.2, 0.25) is 5.91 Å². The number of carbonyl (C=O) groups is 1. The van der Waals surface area contributed by atoms with Crippen molar-refractivity contribution in [3.8, 4) is 17.4 Å². The minimum Gasteiger partial charge on any atom is -0.463 e. The number of carbonyl (C=O) groups excluding carboxylic acids is 1. The van der Waals surface area contributed by atoms with Crippen LogP contribution in [0.2, 0.25) is 5.02 Å². The van der Waals surface area contributed by atoms with E-state index in [0.29, 0.717) is 23.9 Å². The lowest BCUT2D eigenvalue weighted by Crippen LogP contribution is -2.14. The maximum absolute atomic E-state index is 12.5. The average molecular weight is 336 g/mol. The Balaban J connectivity index is 2.24. The highest BCUT2D eigenvalue weighted by molar-refractivity contribution is 6.30. The van der Waals surface area contributed by atoms with Crippen LogP contribution in [0.1, 0.15) is 50.7 Å². The summed E-state index contributed by atoms with van der Waals surface area (Å²) < 4.78 is 6.68. The van der Waals surface area contributed by atoms with E-state index in [0.717, 1.165) is 31.2 Å². The summed E-state index contributed by atoms with van der Waals surface area (Å²) in [5.41, 5.74) is 0.748. The summed E-state index contributed by atoms with van der Waals surface area (Å²) in [5, 5.41) is 4.78. The zero-order valence-corrected chi connectivity index (χ0v) is 14.3. The number of halogens is 1. The van der Waals surface area contributed by atoms with Crippen molar-refractivity contribution >= 4 is 17.5 Å². The summed E-state index contributed by atoms with van der Waals surface area (Å²) in [6.45, 7) is 4.45. The van der Waals surface area contributed by atoms with Crippen LogP contribution >= 0.6 is 11.6 Å². The van der Waals surface area contributed by atoms with Crippen LogP contribution in [-0.4, -0.2) is 27.3 Å². The topological polar surface area (TPSA) is 57.0 Å². The highest BCUT2D eigenvalue weighted by Crippen LogP contribution is 2.23. The Hall–Kier alpha value is -1.88. The third kappa shape index (κ3) is 4.79. The molecule has 1 aromatic heterocycles. The molecule has 2 aromatic rings. The molecule has 5 nitrogen and oxygen atoms in total. The van der Waals surface area contributed by atoms with E-state index in [2.05, 4.69) is 17.0 Å². The Labute approximate surface area is 141 Å². The van der Waals surface area contributed by atoms with E-state index in [4.69, 9.17) is 16.3 Å². The standard InChI is InChI=1S/C17H22ClN3O2/c1-3-5-6-7-11-15(22)21-16(19-17(20-21)23-4-2)13-9-8-10-14(18)12-13/h8-10,12H,3-7,11H2,1-2H3. The van der Waals surface area contributed by atoms with Gasteiger partial charge in [0.25, 0.3) is 0 Å². The molecule has 1 aromatic carbocycles. The fourth-order valence-corrected chi connectivity index (χ4v) is 2.47. The average Bonchev–Trinajstić information content (AvgIpc) is 2.96. The molecule has 0 aliphatic carbocycles. The van der Waals surface area contributed by atoms with Gasteiger partial charge in [-0.3, -0.25) is 4.79 Å². The van der Waals surface area contributed by atoms with E-state index < -0.39 is 0 Å². The molecule has 0 unspecified atom stereocenters. The molecular formula is C17H22ClN3O2. The molecule has 0 saturated carbocycles. The molecule has 0 spiro atoms. The molecule has 0 fully saturated rings. The maximum Gasteiger partial charge on any atom is 0.336 e. The number of ether oxygens (including phenoxy) is 1. The summed E-state index contributed by atoms with van der Waals surface area (Å²) >= 11 is 6.04.